The van der Waals surface area contributed by atoms with Crippen molar-refractivity contribution in [2.24, 2.45) is 0 Å². The van der Waals surface area contributed by atoms with E-state index in [1.807, 2.05) is 6.08 Å². The Kier molecular flexibility index (Phi) is 13.3. The number of hydrogen-bond acceptors (Lipinski definition) is 2. The van der Waals surface area contributed by atoms with Crippen LogP contribution in [0.15, 0.2) is 36.6 Å². The summed E-state index contributed by atoms with van der Waals surface area (Å²) in [5.41, 5.74) is 1.24. The van der Waals surface area contributed by atoms with Gasteiger partial charge in [0.25, 0.3) is 0 Å². The van der Waals surface area contributed by atoms with Gasteiger partial charge in [0.15, 0.2) is 0 Å². The highest BCUT2D eigenvalue weighted by Gasteiger charge is 2.03. The minimum absolute atomic E-state index is 1.12. The van der Waals surface area contributed by atoms with E-state index >= 15 is 0 Å². The van der Waals surface area contributed by atoms with Gasteiger partial charge < -0.3 is 9.80 Å². The van der Waals surface area contributed by atoms with Gasteiger partial charge in [-0.1, -0.05) is 39.0 Å². The van der Waals surface area contributed by atoms with Crippen LogP contribution in [0.3, 0.4) is 0 Å². The van der Waals surface area contributed by atoms with E-state index in [9.17, 15) is 0 Å². The molecule has 0 rings (SSSR count). The Hall–Kier alpha value is -1.02. The summed E-state index contributed by atoms with van der Waals surface area (Å²) in [6, 6.07) is 0. The maximum atomic E-state index is 3.79. The smallest absolute Gasteiger partial charge is 0.0360 e. The minimum atomic E-state index is 1.12. The first kappa shape index (κ1) is 20.0. The van der Waals surface area contributed by atoms with Gasteiger partial charge in [-0.25, -0.2) is 0 Å². The zero-order valence-corrected chi connectivity index (χ0v) is 14.8. The van der Waals surface area contributed by atoms with Crippen LogP contribution in [0.25, 0.3) is 0 Å². The van der Waals surface area contributed by atoms with Crippen LogP contribution in [0.1, 0.15) is 52.9 Å². The molecule has 0 saturated carbocycles. The topological polar surface area (TPSA) is 6.48 Å². The van der Waals surface area contributed by atoms with Gasteiger partial charge >= 0.3 is 0 Å². The van der Waals surface area contributed by atoms with Crippen LogP contribution in [0.2, 0.25) is 0 Å². The van der Waals surface area contributed by atoms with Gasteiger partial charge in [-0.3, -0.25) is 0 Å². The quantitative estimate of drug-likeness (QED) is 0.353. The molecule has 0 bridgehead atoms. The molecule has 2 nitrogen and oxygen atoms in total. The molecule has 0 amide bonds. The number of likely N-dealkylation sites (N-methyl/N-ethyl adjacent to an activating group) is 1. The molecule has 122 valence electrons. The Balaban J connectivity index is 3.92. The molecule has 0 radical (unpaired) electrons. The SMILES string of the molecule is C=C/C=C(\C=C/C)N(C)CCCCCN(CCC)CCC. The maximum Gasteiger partial charge on any atom is 0.0360 e. The second-order valence-electron chi connectivity index (χ2n) is 5.65. The summed E-state index contributed by atoms with van der Waals surface area (Å²) in [5.74, 6) is 0. The van der Waals surface area contributed by atoms with Crippen molar-refractivity contribution in [2.45, 2.75) is 52.9 Å². The van der Waals surface area contributed by atoms with Crippen LogP contribution in [0, 0.1) is 0 Å². The van der Waals surface area contributed by atoms with E-state index in [-0.39, 0.29) is 0 Å². The molecule has 0 aliphatic rings. The van der Waals surface area contributed by atoms with E-state index < -0.39 is 0 Å². The first-order valence-electron chi connectivity index (χ1n) is 8.58. The molecular weight excluding hydrogens is 256 g/mol. The second kappa shape index (κ2) is 13.9. The molecule has 0 fully saturated rings. The van der Waals surface area contributed by atoms with Gasteiger partial charge in [-0.15, -0.1) is 0 Å². The summed E-state index contributed by atoms with van der Waals surface area (Å²) < 4.78 is 0. The van der Waals surface area contributed by atoms with E-state index in [1.165, 1.54) is 57.4 Å². The maximum absolute atomic E-state index is 3.79. The molecule has 0 aliphatic carbocycles. The molecule has 0 atom stereocenters. The second-order valence-corrected chi connectivity index (χ2v) is 5.65. The predicted octanol–water partition coefficient (Wildman–Crippen LogP) is 4.86. The van der Waals surface area contributed by atoms with Crippen LogP contribution < -0.4 is 0 Å². The lowest BCUT2D eigenvalue weighted by molar-refractivity contribution is 0.266. The average Bonchev–Trinajstić information content (AvgIpc) is 2.47. The van der Waals surface area contributed by atoms with Crippen LogP contribution in [-0.4, -0.2) is 43.0 Å². The van der Waals surface area contributed by atoms with Crippen LogP contribution >= 0.6 is 0 Å². The Morgan fingerprint density at radius 1 is 0.952 bits per heavy atom. The standard InChI is InChI=1S/C19H36N2/c1-6-13-19(14-7-2)20(5)17-11-10-12-18-21(15-8-3)16-9-4/h6-7,13-14H,1,8-12,15-18H2,2-5H3/b14-7-,19-13+. The first-order valence-corrected chi connectivity index (χ1v) is 8.58. The van der Waals surface area contributed by atoms with Crippen molar-refractivity contribution >= 4 is 0 Å². The van der Waals surface area contributed by atoms with Crippen LogP contribution in [0.4, 0.5) is 0 Å². The molecule has 0 N–H and O–H groups in total. The highest BCUT2D eigenvalue weighted by atomic mass is 15.1. The molecule has 0 heterocycles. The van der Waals surface area contributed by atoms with Crippen molar-refractivity contribution in [3.8, 4) is 0 Å². The van der Waals surface area contributed by atoms with E-state index in [0.29, 0.717) is 0 Å². The molecule has 0 saturated heterocycles. The molecule has 0 aliphatic heterocycles. The van der Waals surface area contributed by atoms with Gasteiger partial charge in [0.05, 0.1) is 0 Å². The summed E-state index contributed by atoms with van der Waals surface area (Å²) in [6.07, 6.45) is 14.6. The molecule has 0 aromatic carbocycles. The number of hydrogen-bond donors (Lipinski definition) is 0. The van der Waals surface area contributed by atoms with Crippen molar-refractivity contribution in [2.75, 3.05) is 33.2 Å². The summed E-state index contributed by atoms with van der Waals surface area (Å²) in [5, 5.41) is 0. The lowest BCUT2D eigenvalue weighted by Crippen LogP contribution is -2.26. The monoisotopic (exact) mass is 292 g/mol. The number of allylic oxidation sites excluding steroid dienone is 4. The van der Waals surface area contributed by atoms with Crippen molar-refractivity contribution in [3.63, 3.8) is 0 Å². The molecule has 0 unspecified atom stereocenters. The number of nitrogens with zero attached hydrogens (tertiary/aromatic N) is 2. The molecule has 0 aromatic heterocycles. The van der Waals surface area contributed by atoms with E-state index in [1.54, 1.807) is 0 Å². The van der Waals surface area contributed by atoms with Crippen molar-refractivity contribution < 1.29 is 0 Å². The first-order chi connectivity index (χ1) is 10.2. The molecule has 0 spiro atoms. The fourth-order valence-electron chi connectivity index (χ4n) is 2.56. The Bertz CT molecular complexity index is 299. The highest BCUT2D eigenvalue weighted by molar-refractivity contribution is 5.21. The normalized spacial score (nSPS) is 12.3. The van der Waals surface area contributed by atoms with Gasteiger partial charge in [0, 0.05) is 19.3 Å². The lowest BCUT2D eigenvalue weighted by atomic mass is 10.2. The van der Waals surface area contributed by atoms with Gasteiger partial charge in [0.2, 0.25) is 0 Å². The van der Waals surface area contributed by atoms with Crippen LogP contribution in [-0.2, 0) is 0 Å². The van der Waals surface area contributed by atoms with Gasteiger partial charge in [-0.05, 0) is 64.4 Å². The minimum Gasteiger partial charge on any atom is -0.375 e. The molecule has 2 heteroatoms. The van der Waals surface area contributed by atoms with Crippen LogP contribution in [0.5, 0.6) is 0 Å². The van der Waals surface area contributed by atoms with Gasteiger partial charge in [0.1, 0.15) is 0 Å². The fourth-order valence-corrected chi connectivity index (χ4v) is 2.56. The number of rotatable bonds is 13. The third-order valence-electron chi connectivity index (χ3n) is 3.61. The van der Waals surface area contributed by atoms with E-state index in [4.69, 9.17) is 0 Å². The Labute approximate surface area is 133 Å². The Morgan fingerprint density at radius 2 is 1.57 bits per heavy atom. The van der Waals surface area contributed by atoms with Gasteiger partial charge in [-0.2, -0.15) is 0 Å². The highest BCUT2D eigenvalue weighted by Crippen LogP contribution is 2.08. The van der Waals surface area contributed by atoms with Crippen molar-refractivity contribution in [1.82, 2.24) is 9.80 Å². The molecular formula is C19H36N2. The van der Waals surface area contributed by atoms with E-state index in [0.717, 1.165) is 6.54 Å². The third kappa shape index (κ3) is 10.4. The summed E-state index contributed by atoms with van der Waals surface area (Å²) >= 11 is 0. The average molecular weight is 293 g/mol. The molecule has 21 heavy (non-hydrogen) atoms. The summed E-state index contributed by atoms with van der Waals surface area (Å²) in [7, 11) is 2.16. The zero-order chi connectivity index (χ0) is 15.9. The lowest BCUT2D eigenvalue weighted by Gasteiger charge is -2.22. The number of unbranched alkanes of at least 4 members (excludes halogenated alkanes) is 2. The predicted molar refractivity (Wildman–Crippen MR) is 96.6 cm³/mol. The zero-order valence-electron chi connectivity index (χ0n) is 14.8. The fraction of sp³-hybridized carbons (Fsp3) is 0.684. The summed E-state index contributed by atoms with van der Waals surface area (Å²) in [4.78, 5) is 4.92. The van der Waals surface area contributed by atoms with Crippen molar-refractivity contribution in [3.05, 3.63) is 36.6 Å². The van der Waals surface area contributed by atoms with E-state index in [2.05, 4.69) is 62.4 Å². The van der Waals surface area contributed by atoms with Crippen molar-refractivity contribution in [1.29, 1.82) is 0 Å². The molecule has 0 aromatic rings. The largest absolute Gasteiger partial charge is 0.375 e. The summed E-state index contributed by atoms with van der Waals surface area (Å²) in [6.45, 7) is 15.3. The Morgan fingerprint density at radius 3 is 2.10 bits per heavy atom. The third-order valence-corrected chi connectivity index (χ3v) is 3.61.